The van der Waals surface area contributed by atoms with E-state index in [0.29, 0.717) is 3.57 Å². The fraction of sp³-hybridized carbons (Fsp3) is 0.273. The molecule has 17 heavy (non-hydrogen) atoms. The molecule has 3 N–H and O–H groups in total. The number of carboxylic acids is 1. The van der Waals surface area contributed by atoms with Gasteiger partial charge in [-0.3, -0.25) is 4.79 Å². The average Bonchev–Trinajstić information content (AvgIpc) is 2.21. The van der Waals surface area contributed by atoms with E-state index in [1.807, 2.05) is 22.6 Å². The van der Waals surface area contributed by atoms with Crippen LogP contribution in [0.2, 0.25) is 0 Å². The van der Waals surface area contributed by atoms with Crippen molar-refractivity contribution in [1.29, 1.82) is 0 Å². The molecule has 0 aliphatic heterocycles. The van der Waals surface area contributed by atoms with Crippen LogP contribution in [-0.4, -0.2) is 28.1 Å². The van der Waals surface area contributed by atoms with Crippen LogP contribution in [0.15, 0.2) is 18.2 Å². The first-order valence-electron chi connectivity index (χ1n) is 4.87. The highest BCUT2D eigenvalue weighted by molar-refractivity contribution is 14.1. The number of carbonyl (C=O) groups is 2. The van der Waals surface area contributed by atoms with Crippen molar-refractivity contribution < 1.29 is 19.8 Å². The Kier molecular flexibility index (Phi) is 4.73. The Labute approximate surface area is 112 Å². The Morgan fingerprint density at radius 2 is 2.12 bits per heavy atom. The number of phenolic OH excluding ortho intramolecular Hbond substituents is 1. The lowest BCUT2D eigenvalue weighted by atomic mass is 10.1. The SMILES string of the molecule is CC(=O)NC(Cc1ccc(O)c(I)c1)C(=O)O. The molecule has 0 aliphatic carbocycles. The lowest BCUT2D eigenvalue weighted by Crippen LogP contribution is -2.41. The molecule has 0 aliphatic rings. The van der Waals surface area contributed by atoms with Crippen LogP contribution in [0.4, 0.5) is 0 Å². The molecule has 0 saturated carbocycles. The second kappa shape index (κ2) is 5.85. The zero-order chi connectivity index (χ0) is 13.0. The normalized spacial score (nSPS) is 11.9. The van der Waals surface area contributed by atoms with E-state index >= 15 is 0 Å². The average molecular weight is 349 g/mol. The quantitative estimate of drug-likeness (QED) is 0.712. The van der Waals surface area contributed by atoms with Gasteiger partial charge in [-0.25, -0.2) is 4.79 Å². The third-order valence-electron chi connectivity index (χ3n) is 2.13. The van der Waals surface area contributed by atoms with Crippen molar-refractivity contribution in [3.8, 4) is 5.75 Å². The number of hydrogen-bond acceptors (Lipinski definition) is 3. The zero-order valence-corrected chi connectivity index (χ0v) is 11.3. The van der Waals surface area contributed by atoms with Gasteiger partial charge in [0.1, 0.15) is 11.8 Å². The van der Waals surface area contributed by atoms with Crippen LogP contribution in [0, 0.1) is 3.57 Å². The second-order valence-corrected chi connectivity index (χ2v) is 4.74. The lowest BCUT2D eigenvalue weighted by molar-refractivity contribution is -0.141. The molecule has 92 valence electrons. The van der Waals surface area contributed by atoms with Crippen LogP contribution in [-0.2, 0) is 16.0 Å². The predicted octanol–water partition coefficient (Wildman–Crippen LogP) is 1.13. The van der Waals surface area contributed by atoms with Gasteiger partial charge in [0.05, 0.1) is 3.57 Å². The van der Waals surface area contributed by atoms with Crippen LogP contribution in [0.3, 0.4) is 0 Å². The van der Waals surface area contributed by atoms with Crippen LogP contribution < -0.4 is 5.32 Å². The van der Waals surface area contributed by atoms with E-state index < -0.39 is 12.0 Å². The van der Waals surface area contributed by atoms with Gasteiger partial charge in [-0.1, -0.05) is 6.07 Å². The summed E-state index contributed by atoms with van der Waals surface area (Å²) in [7, 11) is 0. The molecule has 1 aromatic carbocycles. The summed E-state index contributed by atoms with van der Waals surface area (Å²) in [5.41, 5.74) is 0.744. The van der Waals surface area contributed by atoms with Crippen LogP contribution in [0.5, 0.6) is 5.75 Å². The molecule has 5 nitrogen and oxygen atoms in total. The van der Waals surface area contributed by atoms with Gasteiger partial charge in [-0.05, 0) is 40.3 Å². The summed E-state index contributed by atoms with van der Waals surface area (Å²) in [6.07, 6.45) is 0.186. The highest BCUT2D eigenvalue weighted by Gasteiger charge is 2.19. The van der Waals surface area contributed by atoms with Gasteiger partial charge < -0.3 is 15.5 Å². The number of hydrogen-bond donors (Lipinski definition) is 3. The van der Waals surface area contributed by atoms with Gasteiger partial charge in [0.25, 0.3) is 0 Å². The second-order valence-electron chi connectivity index (χ2n) is 3.58. The summed E-state index contributed by atoms with van der Waals surface area (Å²) in [5.74, 6) is -1.31. The topological polar surface area (TPSA) is 86.6 Å². The Balaban J connectivity index is 2.82. The molecule has 1 unspecified atom stereocenters. The minimum absolute atomic E-state index is 0.153. The molecule has 0 spiro atoms. The van der Waals surface area contributed by atoms with Crippen molar-refractivity contribution >= 4 is 34.5 Å². The maximum absolute atomic E-state index is 10.9. The Hall–Kier alpha value is -1.31. The smallest absolute Gasteiger partial charge is 0.326 e. The van der Waals surface area contributed by atoms with Gasteiger partial charge in [0.15, 0.2) is 0 Å². The summed E-state index contributed by atoms with van der Waals surface area (Å²) in [5, 5.41) is 20.6. The third kappa shape index (κ3) is 4.22. The highest BCUT2D eigenvalue weighted by Crippen LogP contribution is 2.20. The van der Waals surface area contributed by atoms with Crippen LogP contribution in [0.1, 0.15) is 12.5 Å². The monoisotopic (exact) mass is 349 g/mol. The summed E-state index contributed by atoms with van der Waals surface area (Å²) in [6.45, 7) is 1.27. The van der Waals surface area contributed by atoms with Gasteiger partial charge in [0, 0.05) is 13.3 Å². The van der Waals surface area contributed by atoms with E-state index in [1.54, 1.807) is 12.1 Å². The molecule has 1 amide bonds. The van der Waals surface area contributed by atoms with Crippen molar-refractivity contribution in [1.82, 2.24) is 5.32 Å². The van der Waals surface area contributed by atoms with Gasteiger partial charge >= 0.3 is 5.97 Å². The fourth-order valence-electron chi connectivity index (χ4n) is 1.36. The van der Waals surface area contributed by atoms with E-state index in [-0.39, 0.29) is 18.1 Å². The Bertz CT molecular complexity index is 447. The molecule has 1 aromatic rings. The molecule has 0 fully saturated rings. The molecule has 0 saturated heterocycles. The molecule has 0 bridgehead atoms. The summed E-state index contributed by atoms with van der Waals surface area (Å²) >= 11 is 1.95. The van der Waals surface area contributed by atoms with Gasteiger partial charge in [-0.2, -0.15) is 0 Å². The summed E-state index contributed by atoms with van der Waals surface area (Å²) in [4.78, 5) is 21.8. The summed E-state index contributed by atoms with van der Waals surface area (Å²) in [6, 6.07) is 3.88. The molecular weight excluding hydrogens is 337 g/mol. The van der Waals surface area contributed by atoms with Crippen molar-refractivity contribution in [2.45, 2.75) is 19.4 Å². The van der Waals surface area contributed by atoms with E-state index in [0.717, 1.165) is 5.56 Å². The molecule has 0 heterocycles. The Morgan fingerprint density at radius 3 is 2.59 bits per heavy atom. The number of benzene rings is 1. The van der Waals surface area contributed by atoms with Crippen LogP contribution in [0.25, 0.3) is 0 Å². The summed E-state index contributed by atoms with van der Waals surface area (Å²) < 4.78 is 0.645. The minimum Gasteiger partial charge on any atom is -0.507 e. The molecule has 1 atom stereocenters. The predicted molar refractivity (Wildman–Crippen MR) is 69.8 cm³/mol. The van der Waals surface area contributed by atoms with E-state index in [2.05, 4.69) is 5.32 Å². The van der Waals surface area contributed by atoms with Gasteiger partial charge in [-0.15, -0.1) is 0 Å². The zero-order valence-electron chi connectivity index (χ0n) is 9.11. The van der Waals surface area contributed by atoms with Crippen LogP contribution >= 0.6 is 22.6 Å². The number of carboxylic acid groups (broad SMARTS) is 1. The number of carbonyl (C=O) groups excluding carboxylic acids is 1. The number of nitrogens with one attached hydrogen (secondary N) is 1. The number of phenols is 1. The van der Waals surface area contributed by atoms with E-state index in [4.69, 9.17) is 5.11 Å². The third-order valence-corrected chi connectivity index (χ3v) is 2.99. The standard InChI is InChI=1S/C11H12INO4/c1-6(14)13-9(11(16)17)5-7-2-3-10(15)8(12)4-7/h2-4,9,15H,5H2,1H3,(H,13,14)(H,16,17). The maximum Gasteiger partial charge on any atom is 0.326 e. The van der Waals surface area contributed by atoms with Crippen molar-refractivity contribution in [3.63, 3.8) is 0 Å². The van der Waals surface area contributed by atoms with Crippen molar-refractivity contribution in [3.05, 3.63) is 27.3 Å². The first-order valence-corrected chi connectivity index (χ1v) is 5.95. The molecule has 1 rings (SSSR count). The Morgan fingerprint density at radius 1 is 1.47 bits per heavy atom. The first kappa shape index (κ1) is 13.8. The lowest BCUT2D eigenvalue weighted by Gasteiger charge is -2.13. The number of rotatable bonds is 4. The van der Waals surface area contributed by atoms with Gasteiger partial charge in [0.2, 0.25) is 5.91 Å². The minimum atomic E-state index is -1.08. The molecular formula is C11H12INO4. The van der Waals surface area contributed by atoms with Crippen molar-refractivity contribution in [2.24, 2.45) is 0 Å². The molecule has 0 aromatic heterocycles. The van der Waals surface area contributed by atoms with E-state index in [1.165, 1.54) is 13.0 Å². The highest BCUT2D eigenvalue weighted by atomic mass is 127. The van der Waals surface area contributed by atoms with E-state index in [9.17, 15) is 14.7 Å². The number of aromatic hydroxyl groups is 1. The number of halogens is 1. The maximum atomic E-state index is 10.9. The fourth-order valence-corrected chi connectivity index (χ4v) is 1.94. The number of amides is 1. The number of aliphatic carboxylic acids is 1. The molecule has 0 radical (unpaired) electrons. The first-order chi connectivity index (χ1) is 7.90. The van der Waals surface area contributed by atoms with Crippen molar-refractivity contribution in [2.75, 3.05) is 0 Å². The molecule has 6 heteroatoms. The largest absolute Gasteiger partial charge is 0.507 e.